The second-order valence-electron chi connectivity index (χ2n) is 10.9. The first-order valence-electron chi connectivity index (χ1n) is 12.7. The fraction of sp³-hybridized carbons (Fsp3) is 0.533. The number of allylic oxidation sites excluding steroid dienone is 4. The minimum atomic E-state index is -5.05. The molecule has 0 saturated heterocycles. The first kappa shape index (κ1) is 28.9. The zero-order valence-electron chi connectivity index (χ0n) is 22.4. The zero-order valence-corrected chi connectivity index (χ0v) is 22.4. The van der Waals surface area contributed by atoms with Crippen LogP contribution >= 0.6 is 0 Å². The Hall–Kier alpha value is -2.67. The highest BCUT2D eigenvalue weighted by atomic mass is 19.4. The van der Waals surface area contributed by atoms with E-state index in [1.807, 2.05) is 13.8 Å². The van der Waals surface area contributed by atoms with Crippen molar-refractivity contribution in [3.8, 4) is 0 Å². The molecule has 0 aliphatic heterocycles. The Morgan fingerprint density at radius 1 is 1.03 bits per heavy atom. The standard InChI is InChI=1S/C30H37F3O4/c1-19-12-14-24-25(28(24,4)5)18-21(3)26(34)15-13-20(2)17-23(16-19)37-27(35)29(36-6,30(31,32)33)22-10-8-7-9-11-22/h7-11,13,16,18,23-25H,12,14-15,17H2,1-6H3/b19-16+,20-13+,21-18+/t23-,24-,25-,29-/m1/s1. The minimum absolute atomic E-state index is 0.0117. The monoisotopic (exact) mass is 518 g/mol. The number of esters is 1. The van der Waals surface area contributed by atoms with E-state index in [0.29, 0.717) is 11.8 Å². The average molecular weight is 519 g/mol. The third kappa shape index (κ3) is 6.08. The fourth-order valence-corrected chi connectivity index (χ4v) is 5.39. The Bertz CT molecular complexity index is 1100. The summed E-state index contributed by atoms with van der Waals surface area (Å²) in [6, 6.07) is 6.80. The minimum Gasteiger partial charge on any atom is -0.455 e. The number of ether oxygens (including phenoxy) is 2. The van der Waals surface area contributed by atoms with Crippen LogP contribution in [0.4, 0.5) is 13.2 Å². The number of Topliss-reactive ketones (excluding diaryl/α,β-unsaturated/α-hetero) is 1. The van der Waals surface area contributed by atoms with Crippen molar-refractivity contribution >= 4 is 11.8 Å². The Morgan fingerprint density at radius 3 is 2.27 bits per heavy atom. The summed E-state index contributed by atoms with van der Waals surface area (Å²) in [5, 5.41) is 0. The van der Waals surface area contributed by atoms with E-state index in [9.17, 15) is 22.8 Å². The van der Waals surface area contributed by atoms with Crippen LogP contribution in [0.2, 0.25) is 0 Å². The number of halogens is 3. The van der Waals surface area contributed by atoms with Gasteiger partial charge in [-0.2, -0.15) is 13.2 Å². The molecule has 0 heterocycles. The van der Waals surface area contributed by atoms with Crippen molar-refractivity contribution in [2.24, 2.45) is 17.3 Å². The highest BCUT2D eigenvalue weighted by molar-refractivity contribution is 5.95. The molecule has 2 aliphatic carbocycles. The molecule has 0 amide bonds. The number of ketones is 1. The van der Waals surface area contributed by atoms with Gasteiger partial charge in [-0.1, -0.05) is 67.5 Å². The molecule has 3 rings (SSSR count). The van der Waals surface area contributed by atoms with E-state index >= 15 is 0 Å². The van der Waals surface area contributed by atoms with Gasteiger partial charge < -0.3 is 9.47 Å². The number of benzene rings is 1. The van der Waals surface area contributed by atoms with Gasteiger partial charge in [0.2, 0.25) is 0 Å². The summed E-state index contributed by atoms with van der Waals surface area (Å²) in [4.78, 5) is 26.0. The van der Waals surface area contributed by atoms with Crippen LogP contribution in [0, 0.1) is 17.3 Å². The van der Waals surface area contributed by atoms with Gasteiger partial charge in [0.1, 0.15) is 6.10 Å². The topological polar surface area (TPSA) is 52.6 Å². The van der Waals surface area contributed by atoms with Crippen LogP contribution in [0.1, 0.15) is 65.9 Å². The number of hydrogen-bond acceptors (Lipinski definition) is 4. The largest absolute Gasteiger partial charge is 0.455 e. The van der Waals surface area contributed by atoms with E-state index in [-0.39, 0.29) is 29.6 Å². The third-order valence-corrected chi connectivity index (χ3v) is 7.92. The Balaban J connectivity index is 1.95. The molecule has 1 fully saturated rings. The van der Waals surface area contributed by atoms with Crippen LogP contribution in [0.5, 0.6) is 0 Å². The second-order valence-corrected chi connectivity index (χ2v) is 10.9. The Morgan fingerprint density at radius 2 is 1.68 bits per heavy atom. The normalized spacial score (nSPS) is 30.7. The summed E-state index contributed by atoms with van der Waals surface area (Å²) in [6.45, 7) is 9.91. The maximum absolute atomic E-state index is 14.4. The molecule has 1 aromatic rings. The molecule has 37 heavy (non-hydrogen) atoms. The van der Waals surface area contributed by atoms with Crippen molar-refractivity contribution in [3.63, 3.8) is 0 Å². The van der Waals surface area contributed by atoms with Crippen molar-refractivity contribution in [2.75, 3.05) is 7.11 Å². The highest BCUT2D eigenvalue weighted by Gasteiger charge is 2.64. The summed E-state index contributed by atoms with van der Waals surface area (Å²) in [7, 11) is 0.858. The summed E-state index contributed by atoms with van der Waals surface area (Å²) in [6.07, 6.45) is 1.54. The maximum atomic E-state index is 14.4. The number of rotatable bonds is 4. The van der Waals surface area contributed by atoms with Gasteiger partial charge in [0.05, 0.1) is 0 Å². The van der Waals surface area contributed by atoms with Crippen LogP contribution in [0.3, 0.4) is 0 Å². The number of carbonyl (C=O) groups excluding carboxylic acids is 2. The molecule has 0 spiro atoms. The van der Waals surface area contributed by atoms with Gasteiger partial charge in [0, 0.05) is 25.5 Å². The van der Waals surface area contributed by atoms with E-state index in [4.69, 9.17) is 9.47 Å². The number of hydrogen-bond donors (Lipinski definition) is 0. The maximum Gasteiger partial charge on any atom is 0.432 e. The van der Waals surface area contributed by atoms with Crippen molar-refractivity contribution in [3.05, 3.63) is 70.8 Å². The molecule has 0 bridgehead atoms. The van der Waals surface area contributed by atoms with Gasteiger partial charge in [0.15, 0.2) is 5.78 Å². The van der Waals surface area contributed by atoms with Gasteiger partial charge in [-0.05, 0) is 62.5 Å². The summed E-state index contributed by atoms with van der Waals surface area (Å²) in [5.74, 6) is -0.789. The van der Waals surface area contributed by atoms with E-state index in [2.05, 4.69) is 19.9 Å². The fourth-order valence-electron chi connectivity index (χ4n) is 5.39. The lowest BCUT2D eigenvalue weighted by Crippen LogP contribution is -2.52. The van der Waals surface area contributed by atoms with E-state index < -0.39 is 23.9 Å². The smallest absolute Gasteiger partial charge is 0.432 e. The van der Waals surface area contributed by atoms with Crippen molar-refractivity contribution in [2.45, 2.75) is 78.2 Å². The molecule has 7 heteroatoms. The molecule has 0 radical (unpaired) electrons. The quantitative estimate of drug-likeness (QED) is 0.311. The van der Waals surface area contributed by atoms with E-state index in [0.717, 1.165) is 36.7 Å². The number of alkyl halides is 3. The number of fused-ring (bicyclic) bond motifs is 1. The molecule has 4 atom stereocenters. The van der Waals surface area contributed by atoms with Gasteiger partial charge in [-0.25, -0.2) is 4.79 Å². The SMILES string of the molecule is CO[C@@](C(=O)O[C@@H]1/C=C(\C)CC[C@@H]2[C@@H](/C=C(\C)C(=O)C/C=C(\C)C1)C2(C)C)(c1ccccc1)C(F)(F)F. The predicted octanol–water partition coefficient (Wildman–Crippen LogP) is 7.26. The molecule has 2 aliphatic rings. The zero-order chi connectivity index (χ0) is 27.6. The van der Waals surface area contributed by atoms with Crippen LogP contribution in [0.15, 0.2) is 65.3 Å². The number of methoxy groups -OCH3 is 1. The van der Waals surface area contributed by atoms with Crippen LogP contribution in [-0.4, -0.2) is 31.1 Å². The third-order valence-electron chi connectivity index (χ3n) is 7.92. The molecule has 0 N–H and O–H groups in total. The number of carbonyl (C=O) groups is 2. The highest BCUT2D eigenvalue weighted by Crippen LogP contribution is 2.61. The summed E-state index contributed by atoms with van der Waals surface area (Å²) in [5.41, 5.74) is -1.10. The van der Waals surface area contributed by atoms with Crippen molar-refractivity contribution in [1.29, 1.82) is 0 Å². The Kier molecular flexibility index (Phi) is 8.57. The molecule has 1 aromatic carbocycles. The van der Waals surface area contributed by atoms with Gasteiger partial charge >= 0.3 is 12.1 Å². The molecular weight excluding hydrogens is 481 g/mol. The first-order valence-corrected chi connectivity index (χ1v) is 12.7. The van der Waals surface area contributed by atoms with E-state index in [1.165, 1.54) is 24.3 Å². The average Bonchev–Trinajstić information content (AvgIpc) is 3.33. The van der Waals surface area contributed by atoms with Crippen molar-refractivity contribution in [1.82, 2.24) is 0 Å². The molecule has 0 aromatic heterocycles. The molecule has 1 saturated carbocycles. The van der Waals surface area contributed by atoms with Crippen LogP contribution in [-0.2, 0) is 24.7 Å². The van der Waals surface area contributed by atoms with Crippen molar-refractivity contribution < 1.29 is 32.2 Å². The van der Waals surface area contributed by atoms with Gasteiger partial charge in [-0.3, -0.25) is 4.79 Å². The first-order chi connectivity index (χ1) is 17.2. The van der Waals surface area contributed by atoms with Gasteiger partial charge in [-0.15, -0.1) is 0 Å². The van der Waals surface area contributed by atoms with E-state index in [1.54, 1.807) is 25.1 Å². The second kappa shape index (κ2) is 11.0. The Labute approximate surface area is 217 Å². The molecule has 0 unspecified atom stereocenters. The lowest BCUT2D eigenvalue weighted by Gasteiger charge is -2.33. The predicted molar refractivity (Wildman–Crippen MR) is 137 cm³/mol. The summed E-state index contributed by atoms with van der Waals surface area (Å²) < 4.78 is 53.6. The molecule has 4 nitrogen and oxygen atoms in total. The van der Waals surface area contributed by atoms with Crippen LogP contribution < -0.4 is 0 Å². The lowest BCUT2D eigenvalue weighted by molar-refractivity contribution is -0.277. The summed E-state index contributed by atoms with van der Waals surface area (Å²) >= 11 is 0. The van der Waals surface area contributed by atoms with Gasteiger partial charge in [0.25, 0.3) is 5.60 Å². The van der Waals surface area contributed by atoms with Crippen LogP contribution in [0.25, 0.3) is 0 Å². The lowest BCUT2D eigenvalue weighted by atomic mass is 9.92. The molecular formula is C30H37F3O4. The molecule has 202 valence electrons.